The van der Waals surface area contributed by atoms with E-state index in [0.717, 1.165) is 19.6 Å². The molecule has 0 aliphatic carbocycles. The molecule has 0 aromatic heterocycles. The summed E-state index contributed by atoms with van der Waals surface area (Å²) in [6.45, 7) is 10.4. The van der Waals surface area contributed by atoms with Gasteiger partial charge in [0, 0.05) is 19.6 Å². The number of morpholine rings is 1. The van der Waals surface area contributed by atoms with Crippen molar-refractivity contribution >= 4 is 5.97 Å². The summed E-state index contributed by atoms with van der Waals surface area (Å²) < 4.78 is 10.5. The summed E-state index contributed by atoms with van der Waals surface area (Å²) in [5.41, 5.74) is -0.453. The fraction of sp³-hybridized carbons (Fsp3) is 0.917. The van der Waals surface area contributed by atoms with E-state index >= 15 is 0 Å². The lowest BCUT2D eigenvalue weighted by Crippen LogP contribution is -2.50. The second kappa shape index (κ2) is 5.15. The van der Waals surface area contributed by atoms with E-state index in [9.17, 15) is 4.79 Å². The maximum Gasteiger partial charge on any atom is 0.312 e. The number of rotatable bonds is 3. The molecule has 1 fully saturated rings. The number of methoxy groups -OCH3 is 1. The van der Waals surface area contributed by atoms with E-state index in [0.29, 0.717) is 0 Å². The third-order valence-corrected chi connectivity index (χ3v) is 2.85. The fourth-order valence-electron chi connectivity index (χ4n) is 2.31. The lowest BCUT2D eigenvalue weighted by molar-refractivity contribution is -0.153. The van der Waals surface area contributed by atoms with Gasteiger partial charge in [0.1, 0.15) is 0 Å². The molecule has 0 spiro atoms. The minimum absolute atomic E-state index is 0.153. The summed E-state index contributed by atoms with van der Waals surface area (Å²) in [5, 5.41) is 0. The Bertz CT molecular complexity index is 243. The van der Waals surface area contributed by atoms with E-state index in [2.05, 4.69) is 18.7 Å². The molecule has 4 nitrogen and oxygen atoms in total. The molecule has 94 valence electrons. The van der Waals surface area contributed by atoms with Crippen LogP contribution in [0.4, 0.5) is 0 Å². The monoisotopic (exact) mass is 229 g/mol. The third kappa shape index (κ3) is 3.46. The molecule has 2 atom stereocenters. The van der Waals surface area contributed by atoms with Crippen molar-refractivity contribution < 1.29 is 14.3 Å². The first-order chi connectivity index (χ1) is 7.35. The van der Waals surface area contributed by atoms with Crippen LogP contribution in [0.1, 0.15) is 27.7 Å². The lowest BCUT2D eigenvalue weighted by Gasteiger charge is -2.38. The van der Waals surface area contributed by atoms with Gasteiger partial charge in [0.05, 0.1) is 24.7 Å². The molecule has 0 amide bonds. The first kappa shape index (κ1) is 13.5. The van der Waals surface area contributed by atoms with Gasteiger partial charge in [-0.05, 0) is 27.7 Å². The minimum Gasteiger partial charge on any atom is -0.469 e. The third-order valence-electron chi connectivity index (χ3n) is 2.85. The topological polar surface area (TPSA) is 38.8 Å². The number of esters is 1. The van der Waals surface area contributed by atoms with Crippen molar-refractivity contribution in [3.05, 3.63) is 0 Å². The Kier molecular flexibility index (Phi) is 4.33. The summed E-state index contributed by atoms with van der Waals surface area (Å²) in [6, 6.07) is 0. The zero-order valence-electron chi connectivity index (χ0n) is 10.9. The van der Waals surface area contributed by atoms with Crippen LogP contribution < -0.4 is 0 Å². The Morgan fingerprint density at radius 2 is 1.88 bits per heavy atom. The number of nitrogens with zero attached hydrogens (tertiary/aromatic N) is 1. The van der Waals surface area contributed by atoms with Crippen LogP contribution in [-0.4, -0.2) is 49.8 Å². The first-order valence-corrected chi connectivity index (χ1v) is 5.81. The van der Waals surface area contributed by atoms with E-state index in [1.54, 1.807) is 0 Å². The van der Waals surface area contributed by atoms with Crippen LogP contribution in [0.3, 0.4) is 0 Å². The van der Waals surface area contributed by atoms with Crippen LogP contribution in [0.25, 0.3) is 0 Å². The van der Waals surface area contributed by atoms with Gasteiger partial charge in [-0.25, -0.2) is 0 Å². The average Bonchev–Trinajstić information content (AvgIpc) is 2.13. The van der Waals surface area contributed by atoms with Gasteiger partial charge in [-0.3, -0.25) is 9.69 Å². The molecule has 2 unspecified atom stereocenters. The summed E-state index contributed by atoms with van der Waals surface area (Å²) in [6.07, 6.45) is 0.467. The van der Waals surface area contributed by atoms with Gasteiger partial charge in [0.15, 0.2) is 0 Å². The average molecular weight is 229 g/mol. The fourth-order valence-corrected chi connectivity index (χ4v) is 2.31. The van der Waals surface area contributed by atoms with Crippen molar-refractivity contribution in [1.82, 2.24) is 4.90 Å². The van der Waals surface area contributed by atoms with E-state index in [1.165, 1.54) is 7.11 Å². The van der Waals surface area contributed by atoms with Crippen molar-refractivity contribution in [2.45, 2.75) is 39.9 Å². The zero-order chi connectivity index (χ0) is 12.3. The number of carbonyl (C=O) groups excluding carboxylic acids is 1. The Morgan fingerprint density at radius 3 is 2.31 bits per heavy atom. The highest BCUT2D eigenvalue weighted by Crippen LogP contribution is 2.21. The summed E-state index contributed by atoms with van der Waals surface area (Å²) in [4.78, 5) is 13.9. The maximum absolute atomic E-state index is 11.6. The second-order valence-electron chi connectivity index (χ2n) is 5.33. The molecule has 1 saturated heterocycles. The minimum atomic E-state index is -0.453. The molecule has 1 rings (SSSR count). The molecular weight excluding hydrogens is 206 g/mol. The van der Waals surface area contributed by atoms with E-state index in [1.807, 2.05) is 13.8 Å². The van der Waals surface area contributed by atoms with Crippen LogP contribution in [0.15, 0.2) is 0 Å². The smallest absolute Gasteiger partial charge is 0.312 e. The molecule has 0 aromatic rings. The largest absolute Gasteiger partial charge is 0.469 e. The Hall–Kier alpha value is -0.610. The van der Waals surface area contributed by atoms with Gasteiger partial charge in [-0.1, -0.05) is 0 Å². The highest BCUT2D eigenvalue weighted by Gasteiger charge is 2.33. The maximum atomic E-state index is 11.6. The van der Waals surface area contributed by atoms with Gasteiger partial charge in [0.25, 0.3) is 0 Å². The standard InChI is InChI=1S/C12H23NO3/c1-9-6-13(7-10(2)16-9)8-12(3,4)11(14)15-5/h9-10H,6-8H2,1-5H3. The molecule has 16 heavy (non-hydrogen) atoms. The molecule has 1 aliphatic heterocycles. The quantitative estimate of drug-likeness (QED) is 0.684. The highest BCUT2D eigenvalue weighted by molar-refractivity contribution is 5.76. The Morgan fingerprint density at radius 1 is 1.38 bits per heavy atom. The first-order valence-electron chi connectivity index (χ1n) is 5.81. The predicted octanol–water partition coefficient (Wildman–Crippen LogP) is 1.29. The van der Waals surface area contributed by atoms with Crippen molar-refractivity contribution in [3.8, 4) is 0 Å². The molecule has 0 radical (unpaired) electrons. The number of hydrogen-bond acceptors (Lipinski definition) is 4. The van der Waals surface area contributed by atoms with Crippen LogP contribution >= 0.6 is 0 Å². The normalized spacial score (nSPS) is 27.8. The van der Waals surface area contributed by atoms with Crippen LogP contribution in [-0.2, 0) is 14.3 Å². The van der Waals surface area contributed by atoms with Crippen molar-refractivity contribution in [2.75, 3.05) is 26.7 Å². The van der Waals surface area contributed by atoms with E-state index in [4.69, 9.17) is 9.47 Å². The molecule has 4 heteroatoms. The van der Waals surface area contributed by atoms with Crippen molar-refractivity contribution in [2.24, 2.45) is 5.41 Å². The molecule has 1 heterocycles. The predicted molar refractivity (Wildman–Crippen MR) is 62.2 cm³/mol. The second-order valence-corrected chi connectivity index (χ2v) is 5.33. The van der Waals surface area contributed by atoms with Crippen molar-refractivity contribution in [3.63, 3.8) is 0 Å². The molecule has 0 saturated carbocycles. The molecule has 1 aliphatic rings. The number of hydrogen-bond donors (Lipinski definition) is 0. The van der Waals surface area contributed by atoms with Gasteiger partial charge >= 0.3 is 5.97 Å². The molecule has 0 N–H and O–H groups in total. The lowest BCUT2D eigenvalue weighted by atomic mass is 9.92. The van der Waals surface area contributed by atoms with E-state index < -0.39 is 5.41 Å². The number of ether oxygens (including phenoxy) is 2. The summed E-state index contributed by atoms with van der Waals surface area (Å²) >= 11 is 0. The summed E-state index contributed by atoms with van der Waals surface area (Å²) in [5.74, 6) is -0.153. The van der Waals surface area contributed by atoms with Gasteiger partial charge < -0.3 is 9.47 Å². The summed E-state index contributed by atoms with van der Waals surface area (Å²) in [7, 11) is 1.44. The Balaban J connectivity index is 2.56. The van der Waals surface area contributed by atoms with Gasteiger partial charge in [0.2, 0.25) is 0 Å². The van der Waals surface area contributed by atoms with Crippen LogP contribution in [0, 0.1) is 5.41 Å². The highest BCUT2D eigenvalue weighted by atomic mass is 16.5. The molecule has 0 bridgehead atoms. The van der Waals surface area contributed by atoms with Crippen LogP contribution in [0.2, 0.25) is 0 Å². The number of carbonyl (C=O) groups is 1. The van der Waals surface area contributed by atoms with E-state index in [-0.39, 0.29) is 18.2 Å². The van der Waals surface area contributed by atoms with Crippen molar-refractivity contribution in [1.29, 1.82) is 0 Å². The van der Waals surface area contributed by atoms with Crippen LogP contribution in [0.5, 0.6) is 0 Å². The van der Waals surface area contributed by atoms with Gasteiger partial charge in [-0.2, -0.15) is 0 Å². The SMILES string of the molecule is COC(=O)C(C)(C)CN1CC(C)OC(C)C1. The van der Waals surface area contributed by atoms with Gasteiger partial charge in [-0.15, -0.1) is 0 Å². The molecular formula is C12H23NO3. The zero-order valence-corrected chi connectivity index (χ0v) is 10.9. The Labute approximate surface area is 97.9 Å². The molecule has 0 aromatic carbocycles.